The van der Waals surface area contributed by atoms with Crippen LogP contribution < -0.4 is 10.6 Å². The number of alkyl halides is 3. The minimum Gasteiger partial charge on any atom is -0.350 e. The molecule has 1 amide bonds. The van der Waals surface area contributed by atoms with E-state index in [1.165, 1.54) is 17.0 Å². The summed E-state index contributed by atoms with van der Waals surface area (Å²) in [6, 6.07) is 2.92. The molecule has 0 radical (unpaired) electrons. The summed E-state index contributed by atoms with van der Waals surface area (Å²) < 4.78 is 39.6. The van der Waals surface area contributed by atoms with E-state index in [0.717, 1.165) is 12.1 Å². The number of piperazine rings is 1. The van der Waals surface area contributed by atoms with Gasteiger partial charge in [0, 0.05) is 50.4 Å². The van der Waals surface area contributed by atoms with Gasteiger partial charge in [0.2, 0.25) is 0 Å². The minimum absolute atomic E-state index is 0.0711. The summed E-state index contributed by atoms with van der Waals surface area (Å²) in [5.41, 5.74) is -0.123. The summed E-state index contributed by atoms with van der Waals surface area (Å²) in [7, 11) is 0. The first-order valence-corrected chi connectivity index (χ1v) is 7.33. The molecular formula is C14H17F3N4O3. The van der Waals surface area contributed by atoms with Gasteiger partial charge in [0.25, 0.3) is 11.6 Å². The Labute approximate surface area is 136 Å². The van der Waals surface area contributed by atoms with Crippen molar-refractivity contribution in [1.29, 1.82) is 0 Å². The average molecular weight is 346 g/mol. The molecule has 1 aromatic carbocycles. The number of halogens is 3. The zero-order chi connectivity index (χ0) is 17.7. The molecule has 1 heterocycles. The van der Waals surface area contributed by atoms with Crippen LogP contribution in [-0.2, 0) is 0 Å². The SMILES string of the molecule is O=C(NCC(N1CCNCC1)C(F)(F)F)c1ccc([N+](=O)[O-])cc1. The van der Waals surface area contributed by atoms with E-state index in [4.69, 9.17) is 0 Å². The number of nitro groups is 1. The molecule has 132 valence electrons. The number of carbonyl (C=O) groups is 1. The molecule has 0 bridgehead atoms. The molecule has 2 rings (SSSR count). The first-order valence-electron chi connectivity index (χ1n) is 7.33. The van der Waals surface area contributed by atoms with Crippen molar-refractivity contribution in [2.45, 2.75) is 12.2 Å². The molecule has 0 aliphatic carbocycles. The molecule has 0 aromatic heterocycles. The molecular weight excluding hydrogens is 329 g/mol. The van der Waals surface area contributed by atoms with Gasteiger partial charge in [0.15, 0.2) is 0 Å². The summed E-state index contributed by atoms with van der Waals surface area (Å²) >= 11 is 0. The maximum Gasteiger partial charge on any atom is 0.405 e. The lowest BCUT2D eigenvalue weighted by molar-refractivity contribution is -0.384. The van der Waals surface area contributed by atoms with Gasteiger partial charge in [-0.3, -0.25) is 19.8 Å². The van der Waals surface area contributed by atoms with E-state index in [9.17, 15) is 28.1 Å². The van der Waals surface area contributed by atoms with E-state index < -0.39 is 29.6 Å². The Morgan fingerprint density at radius 2 is 1.88 bits per heavy atom. The number of hydrogen-bond acceptors (Lipinski definition) is 5. The third kappa shape index (κ3) is 4.65. The summed E-state index contributed by atoms with van der Waals surface area (Å²) in [4.78, 5) is 23.2. The summed E-state index contributed by atoms with van der Waals surface area (Å²) in [6.07, 6.45) is -4.46. The number of rotatable bonds is 5. The fourth-order valence-electron chi connectivity index (χ4n) is 2.47. The third-order valence-corrected chi connectivity index (χ3v) is 3.77. The number of nitrogens with one attached hydrogen (secondary N) is 2. The highest BCUT2D eigenvalue weighted by atomic mass is 19.4. The Bertz CT molecular complexity index is 586. The predicted octanol–water partition coefficient (Wildman–Crippen LogP) is 1.16. The molecule has 7 nitrogen and oxygen atoms in total. The second-order valence-electron chi connectivity index (χ2n) is 5.36. The summed E-state index contributed by atoms with van der Waals surface area (Å²) in [5.74, 6) is -0.700. The smallest absolute Gasteiger partial charge is 0.350 e. The Morgan fingerprint density at radius 1 is 1.29 bits per heavy atom. The van der Waals surface area contributed by atoms with Crippen LogP contribution in [0.3, 0.4) is 0 Å². The van der Waals surface area contributed by atoms with Gasteiger partial charge < -0.3 is 10.6 Å². The molecule has 2 N–H and O–H groups in total. The van der Waals surface area contributed by atoms with Crippen LogP contribution in [0.4, 0.5) is 18.9 Å². The lowest BCUT2D eigenvalue weighted by Crippen LogP contribution is -2.57. The molecule has 10 heteroatoms. The van der Waals surface area contributed by atoms with Gasteiger partial charge in [0.05, 0.1) is 4.92 Å². The maximum atomic E-state index is 13.2. The van der Waals surface area contributed by atoms with Crippen LogP contribution in [-0.4, -0.2) is 60.7 Å². The average Bonchev–Trinajstić information content (AvgIpc) is 2.54. The van der Waals surface area contributed by atoms with Gasteiger partial charge in [-0.1, -0.05) is 0 Å². The number of amides is 1. The van der Waals surface area contributed by atoms with E-state index in [-0.39, 0.29) is 24.3 Å². The van der Waals surface area contributed by atoms with Crippen molar-refractivity contribution in [3.63, 3.8) is 0 Å². The topological polar surface area (TPSA) is 87.5 Å². The molecule has 1 aliphatic heterocycles. The minimum atomic E-state index is -4.46. The van der Waals surface area contributed by atoms with Crippen molar-refractivity contribution in [2.75, 3.05) is 32.7 Å². The van der Waals surface area contributed by atoms with Crippen LogP contribution in [0, 0.1) is 10.1 Å². The first kappa shape index (κ1) is 18.1. The largest absolute Gasteiger partial charge is 0.405 e. The van der Waals surface area contributed by atoms with Crippen LogP contribution in [0.2, 0.25) is 0 Å². The zero-order valence-corrected chi connectivity index (χ0v) is 12.7. The summed E-state index contributed by atoms with van der Waals surface area (Å²) in [5, 5.41) is 15.8. The molecule has 1 aromatic rings. The van der Waals surface area contributed by atoms with E-state index in [0.29, 0.717) is 13.1 Å². The van der Waals surface area contributed by atoms with Crippen molar-refractivity contribution >= 4 is 11.6 Å². The number of benzene rings is 1. The normalized spacial score (nSPS) is 17.3. The molecule has 1 fully saturated rings. The Balaban J connectivity index is 1.99. The van der Waals surface area contributed by atoms with Crippen molar-refractivity contribution in [1.82, 2.24) is 15.5 Å². The Morgan fingerprint density at radius 3 is 2.38 bits per heavy atom. The number of non-ortho nitro benzene ring substituents is 1. The fourth-order valence-corrected chi connectivity index (χ4v) is 2.47. The number of nitrogens with zero attached hydrogens (tertiary/aromatic N) is 2. The van der Waals surface area contributed by atoms with Crippen LogP contribution in [0.5, 0.6) is 0 Å². The van der Waals surface area contributed by atoms with E-state index in [1.54, 1.807) is 0 Å². The van der Waals surface area contributed by atoms with Crippen molar-refractivity contribution < 1.29 is 22.9 Å². The quantitative estimate of drug-likeness (QED) is 0.617. The lowest BCUT2D eigenvalue weighted by atomic mass is 10.1. The molecule has 0 saturated carbocycles. The molecule has 0 spiro atoms. The second-order valence-corrected chi connectivity index (χ2v) is 5.36. The highest BCUT2D eigenvalue weighted by molar-refractivity contribution is 5.94. The number of hydrogen-bond donors (Lipinski definition) is 2. The molecule has 1 unspecified atom stereocenters. The Hall–Kier alpha value is -2.20. The van der Waals surface area contributed by atoms with E-state index >= 15 is 0 Å². The predicted molar refractivity (Wildman–Crippen MR) is 79.7 cm³/mol. The van der Waals surface area contributed by atoms with Crippen LogP contribution in [0.1, 0.15) is 10.4 Å². The van der Waals surface area contributed by atoms with Gasteiger partial charge >= 0.3 is 6.18 Å². The summed E-state index contributed by atoms with van der Waals surface area (Å²) in [6.45, 7) is 0.847. The molecule has 24 heavy (non-hydrogen) atoms. The highest BCUT2D eigenvalue weighted by Crippen LogP contribution is 2.25. The van der Waals surface area contributed by atoms with Crippen LogP contribution in [0.25, 0.3) is 0 Å². The number of nitro benzene ring substituents is 1. The van der Waals surface area contributed by atoms with Crippen LogP contribution >= 0.6 is 0 Å². The van der Waals surface area contributed by atoms with Crippen molar-refractivity contribution in [2.24, 2.45) is 0 Å². The monoisotopic (exact) mass is 346 g/mol. The van der Waals surface area contributed by atoms with Gasteiger partial charge in [-0.25, -0.2) is 0 Å². The van der Waals surface area contributed by atoms with Crippen molar-refractivity contribution in [3.05, 3.63) is 39.9 Å². The first-order chi connectivity index (χ1) is 11.3. The van der Waals surface area contributed by atoms with Gasteiger partial charge in [0.1, 0.15) is 6.04 Å². The van der Waals surface area contributed by atoms with E-state index in [2.05, 4.69) is 10.6 Å². The number of carbonyl (C=O) groups excluding carboxylic acids is 1. The van der Waals surface area contributed by atoms with E-state index in [1.807, 2.05) is 0 Å². The third-order valence-electron chi connectivity index (χ3n) is 3.77. The van der Waals surface area contributed by atoms with Crippen LogP contribution in [0.15, 0.2) is 24.3 Å². The highest BCUT2D eigenvalue weighted by Gasteiger charge is 2.43. The lowest BCUT2D eigenvalue weighted by Gasteiger charge is -2.35. The molecule has 1 atom stereocenters. The van der Waals surface area contributed by atoms with Gasteiger partial charge in [-0.2, -0.15) is 13.2 Å². The standard InChI is InChI=1S/C14H17F3N4O3/c15-14(16,17)12(20-7-5-18-6-8-20)9-19-13(22)10-1-3-11(4-2-10)21(23)24/h1-4,12,18H,5-9H2,(H,19,22). The molecule has 1 aliphatic rings. The Kier molecular flexibility index (Phi) is 5.73. The van der Waals surface area contributed by atoms with Crippen molar-refractivity contribution in [3.8, 4) is 0 Å². The van der Waals surface area contributed by atoms with Gasteiger partial charge in [-0.15, -0.1) is 0 Å². The second kappa shape index (κ2) is 7.58. The maximum absolute atomic E-state index is 13.2. The fraction of sp³-hybridized carbons (Fsp3) is 0.500. The molecule has 1 saturated heterocycles. The zero-order valence-electron chi connectivity index (χ0n) is 12.7. The van der Waals surface area contributed by atoms with Gasteiger partial charge in [-0.05, 0) is 12.1 Å².